The molecule has 0 rings (SSSR count). The zero-order valence-electron chi connectivity index (χ0n) is 48.4. The Morgan fingerprint density at radius 3 is 1.15 bits per heavy atom. The van der Waals surface area contributed by atoms with Crippen LogP contribution in [-0.2, 0) is 33.3 Å². The van der Waals surface area contributed by atoms with Crippen LogP contribution >= 0.6 is 0 Å². The predicted molar refractivity (Wildman–Crippen MR) is 318 cm³/mol. The van der Waals surface area contributed by atoms with Gasteiger partial charge in [-0.2, -0.15) is 0 Å². The number of allylic oxidation sites excluding steroid dienone is 20. The molecule has 0 aromatic heterocycles. The Hall–Kier alpha value is -4.31. The smallest absolute Gasteiger partial charge is 0.361 e. The molecule has 0 aliphatic rings. The molecule has 0 radical (unpaired) electrons. The van der Waals surface area contributed by atoms with E-state index in [4.69, 9.17) is 18.9 Å². The third-order valence-corrected chi connectivity index (χ3v) is 12.2. The van der Waals surface area contributed by atoms with E-state index in [0.29, 0.717) is 17.4 Å². The Morgan fingerprint density at radius 2 is 0.760 bits per heavy atom. The van der Waals surface area contributed by atoms with E-state index in [1.54, 1.807) is 0 Å². The molecule has 1 N–H and O–H groups in total. The summed E-state index contributed by atoms with van der Waals surface area (Å²) in [7, 11) is 5.95. The Balaban J connectivity index is 4.35. The minimum atomic E-state index is -1.53. The predicted octanol–water partition coefficient (Wildman–Crippen LogP) is 17.7. The number of ether oxygens (including phenoxy) is 4. The van der Waals surface area contributed by atoms with E-state index in [-0.39, 0.29) is 38.6 Å². The average Bonchev–Trinajstić information content (AvgIpc) is 3.38. The van der Waals surface area contributed by atoms with Crippen LogP contribution in [0.4, 0.5) is 0 Å². The molecule has 0 saturated heterocycles. The van der Waals surface area contributed by atoms with Gasteiger partial charge >= 0.3 is 17.9 Å². The number of carbonyl (C=O) groups excluding carboxylic acids is 2. The second kappa shape index (κ2) is 55.9. The van der Waals surface area contributed by atoms with Gasteiger partial charge in [-0.3, -0.25) is 9.59 Å². The Labute approximate surface area is 459 Å². The molecule has 0 aromatic rings. The van der Waals surface area contributed by atoms with E-state index in [1.807, 2.05) is 21.1 Å². The van der Waals surface area contributed by atoms with Crippen molar-refractivity contribution in [2.75, 3.05) is 47.5 Å². The highest BCUT2D eigenvalue weighted by molar-refractivity contribution is 5.71. The highest BCUT2D eigenvalue weighted by atomic mass is 16.7. The van der Waals surface area contributed by atoms with Crippen molar-refractivity contribution in [3.63, 3.8) is 0 Å². The van der Waals surface area contributed by atoms with Crippen molar-refractivity contribution in [1.82, 2.24) is 0 Å². The van der Waals surface area contributed by atoms with Crippen molar-refractivity contribution < 1.29 is 42.9 Å². The SMILES string of the molecule is CC/C=C\C/C=C\C/C=C\C/C=C\C/C=C\C/C=C\C/C=C\CCCCCC(=O)OC(COC(=O)CCCCCCCCCCCC/C=C\C/C=C\C/C=C\CCCCCCC)COC(OCC[N+](C)(C)C)C(=O)O. The molecule has 9 heteroatoms. The number of unbranched alkanes of at least 4 members (excludes halogenated alkanes) is 18. The molecule has 0 aliphatic carbocycles. The van der Waals surface area contributed by atoms with Crippen LogP contribution in [0.25, 0.3) is 0 Å². The number of hydrogen-bond donors (Lipinski definition) is 1. The number of carboxylic acid groups (broad SMARTS) is 1. The molecule has 0 saturated carbocycles. The number of quaternary nitrogens is 1. The molecule has 0 heterocycles. The molecule has 0 fully saturated rings. The van der Waals surface area contributed by atoms with E-state index in [9.17, 15) is 19.5 Å². The lowest BCUT2D eigenvalue weighted by Crippen LogP contribution is -2.40. The van der Waals surface area contributed by atoms with Gasteiger partial charge in [-0.25, -0.2) is 4.79 Å². The van der Waals surface area contributed by atoms with Crippen molar-refractivity contribution in [2.24, 2.45) is 0 Å². The molecular weight excluding hydrogens is 935 g/mol. The number of nitrogens with zero attached hydrogens (tertiary/aromatic N) is 1. The zero-order chi connectivity index (χ0) is 54.8. The lowest BCUT2D eigenvalue weighted by molar-refractivity contribution is -0.870. The number of aliphatic carboxylic acids is 1. The average molecular weight is 1050 g/mol. The van der Waals surface area contributed by atoms with Crippen LogP contribution < -0.4 is 0 Å². The highest BCUT2D eigenvalue weighted by Crippen LogP contribution is 2.14. The standard InChI is InChI=1S/C66H109NO8/c1-6-8-10-12-14-16-18-20-22-24-26-28-30-32-34-36-38-40-42-44-46-48-50-52-54-56-63(68)73-60-62(61-74-66(65(70)71)72-59-58-67(3,4)5)75-64(69)57-55-53-51-49-47-45-43-41-39-37-35-33-31-29-27-25-23-21-19-17-15-13-11-9-7-2/h9,11,15,17-18,20-21,23-24,26-27,29-30,32-33,35,39,41,45,47,62,66H,6-8,10,12-14,16,19,22,25,28,31,34,36-38,40,42-44,46,48-61H2,1-5H3/p+1/b11-9-,17-15-,20-18-,23-21-,26-24-,29-27-,32-30-,35-33-,41-39-,47-45-. The summed E-state index contributed by atoms with van der Waals surface area (Å²) in [6, 6.07) is 0. The zero-order valence-corrected chi connectivity index (χ0v) is 48.4. The molecule has 0 amide bonds. The van der Waals surface area contributed by atoms with Crippen molar-refractivity contribution in [3.05, 3.63) is 122 Å². The first-order valence-electron chi connectivity index (χ1n) is 29.7. The van der Waals surface area contributed by atoms with Crippen LogP contribution in [0.1, 0.15) is 219 Å². The molecule has 0 aliphatic heterocycles. The van der Waals surface area contributed by atoms with Crippen molar-refractivity contribution in [2.45, 2.75) is 232 Å². The minimum absolute atomic E-state index is 0.173. The molecule has 0 spiro atoms. The van der Waals surface area contributed by atoms with Crippen molar-refractivity contribution >= 4 is 17.9 Å². The maximum atomic E-state index is 12.9. The largest absolute Gasteiger partial charge is 0.477 e. The van der Waals surface area contributed by atoms with Crippen LogP contribution in [0.15, 0.2) is 122 Å². The number of hydrogen-bond acceptors (Lipinski definition) is 7. The summed E-state index contributed by atoms with van der Waals surface area (Å²) in [5.74, 6) is -2.07. The Morgan fingerprint density at radius 1 is 0.413 bits per heavy atom. The number of likely N-dealkylation sites (N-methyl/N-ethyl adjacent to an activating group) is 1. The number of esters is 2. The van der Waals surface area contributed by atoms with Gasteiger partial charge in [-0.05, 0) is 109 Å². The van der Waals surface area contributed by atoms with Gasteiger partial charge in [0, 0.05) is 12.8 Å². The van der Waals surface area contributed by atoms with Crippen LogP contribution in [0, 0.1) is 0 Å². The topological polar surface area (TPSA) is 108 Å². The third-order valence-electron chi connectivity index (χ3n) is 12.2. The molecular formula is C66H110NO8+. The summed E-state index contributed by atoms with van der Waals surface area (Å²) in [6.07, 6.45) is 75.6. The molecule has 2 unspecified atom stereocenters. The van der Waals surface area contributed by atoms with Gasteiger partial charge in [0.2, 0.25) is 0 Å². The lowest BCUT2D eigenvalue weighted by Gasteiger charge is -2.25. The van der Waals surface area contributed by atoms with E-state index in [2.05, 4.69) is 135 Å². The molecule has 2 atom stereocenters. The van der Waals surface area contributed by atoms with Crippen LogP contribution in [0.5, 0.6) is 0 Å². The summed E-state index contributed by atoms with van der Waals surface area (Å²) < 4.78 is 22.8. The maximum Gasteiger partial charge on any atom is 0.361 e. The fraction of sp³-hybridized carbons (Fsp3) is 0.652. The lowest BCUT2D eigenvalue weighted by atomic mass is 10.1. The highest BCUT2D eigenvalue weighted by Gasteiger charge is 2.25. The van der Waals surface area contributed by atoms with Crippen molar-refractivity contribution in [3.8, 4) is 0 Å². The first-order valence-corrected chi connectivity index (χ1v) is 29.7. The van der Waals surface area contributed by atoms with E-state index >= 15 is 0 Å². The molecule has 426 valence electrons. The van der Waals surface area contributed by atoms with Gasteiger partial charge in [0.05, 0.1) is 34.4 Å². The van der Waals surface area contributed by atoms with E-state index in [1.165, 1.54) is 83.5 Å². The van der Waals surface area contributed by atoms with Gasteiger partial charge in [-0.1, -0.05) is 219 Å². The van der Waals surface area contributed by atoms with Gasteiger partial charge in [0.25, 0.3) is 6.29 Å². The summed E-state index contributed by atoms with van der Waals surface area (Å²) in [4.78, 5) is 37.5. The van der Waals surface area contributed by atoms with Crippen LogP contribution in [0.2, 0.25) is 0 Å². The Kier molecular flexibility index (Phi) is 52.7. The number of carbonyl (C=O) groups is 3. The number of rotatable bonds is 53. The summed E-state index contributed by atoms with van der Waals surface area (Å²) in [5.41, 5.74) is 0. The quantitative estimate of drug-likeness (QED) is 0.0211. The molecule has 0 bridgehead atoms. The fourth-order valence-corrected chi connectivity index (χ4v) is 7.65. The maximum absolute atomic E-state index is 12.9. The fourth-order valence-electron chi connectivity index (χ4n) is 7.65. The third kappa shape index (κ3) is 57.2. The van der Waals surface area contributed by atoms with Crippen molar-refractivity contribution in [1.29, 1.82) is 0 Å². The van der Waals surface area contributed by atoms with E-state index < -0.39 is 24.3 Å². The van der Waals surface area contributed by atoms with Gasteiger partial charge in [0.15, 0.2) is 6.10 Å². The van der Waals surface area contributed by atoms with Gasteiger partial charge in [-0.15, -0.1) is 0 Å². The first-order chi connectivity index (χ1) is 36.6. The molecule has 9 nitrogen and oxygen atoms in total. The monoisotopic (exact) mass is 1040 g/mol. The van der Waals surface area contributed by atoms with Gasteiger partial charge < -0.3 is 28.5 Å². The molecule has 75 heavy (non-hydrogen) atoms. The first kappa shape index (κ1) is 70.7. The summed E-state index contributed by atoms with van der Waals surface area (Å²) in [5, 5.41) is 9.71. The van der Waals surface area contributed by atoms with Crippen LogP contribution in [-0.4, -0.2) is 87.4 Å². The van der Waals surface area contributed by atoms with Crippen LogP contribution in [0.3, 0.4) is 0 Å². The minimum Gasteiger partial charge on any atom is -0.477 e. The van der Waals surface area contributed by atoms with Gasteiger partial charge in [0.1, 0.15) is 13.2 Å². The Bertz CT molecular complexity index is 1640. The number of carboxylic acids is 1. The normalized spacial score (nSPS) is 13.7. The second-order valence-electron chi connectivity index (χ2n) is 20.6. The summed E-state index contributed by atoms with van der Waals surface area (Å²) in [6.45, 7) is 4.69. The molecule has 0 aromatic carbocycles. The second-order valence-corrected chi connectivity index (χ2v) is 20.6. The van der Waals surface area contributed by atoms with E-state index in [0.717, 1.165) is 103 Å². The summed E-state index contributed by atoms with van der Waals surface area (Å²) >= 11 is 0.